The van der Waals surface area contributed by atoms with E-state index < -0.39 is 5.60 Å². The van der Waals surface area contributed by atoms with Crippen LogP contribution in [0.4, 0.5) is 5.69 Å². The fourth-order valence-electron chi connectivity index (χ4n) is 2.65. The van der Waals surface area contributed by atoms with Crippen molar-refractivity contribution in [3.05, 3.63) is 29.8 Å². The lowest BCUT2D eigenvalue weighted by Crippen LogP contribution is -2.46. The number of piperidine rings is 1. The number of benzene rings is 1. The Morgan fingerprint density at radius 3 is 2.89 bits per heavy atom. The molecule has 0 aromatic heterocycles. The molecular weight excluding hydrogens is 224 g/mol. The van der Waals surface area contributed by atoms with Crippen molar-refractivity contribution in [1.29, 1.82) is 0 Å². The highest BCUT2D eigenvalue weighted by atomic mass is 16.3. The highest BCUT2D eigenvalue weighted by Gasteiger charge is 2.29. The monoisotopic (exact) mass is 248 g/mol. The third kappa shape index (κ3) is 3.24. The Morgan fingerprint density at radius 1 is 1.39 bits per heavy atom. The van der Waals surface area contributed by atoms with E-state index in [1.54, 1.807) is 0 Å². The first-order chi connectivity index (χ1) is 8.62. The third-order valence-electron chi connectivity index (χ3n) is 3.57. The summed E-state index contributed by atoms with van der Waals surface area (Å²) in [4.78, 5) is 2.32. The van der Waals surface area contributed by atoms with Crippen LogP contribution in [0, 0.1) is 0 Å². The average molecular weight is 248 g/mol. The standard InChI is InChI=1S/C15H24N2O/c1-3-16-11-13-7-4-5-8-14(13)17-10-6-9-15(2,18)12-17/h4-5,7-8,16,18H,3,6,9-12H2,1-2H3. The van der Waals surface area contributed by atoms with Crippen LogP contribution in [-0.2, 0) is 6.54 Å². The van der Waals surface area contributed by atoms with Gasteiger partial charge < -0.3 is 15.3 Å². The molecule has 0 aliphatic carbocycles. The van der Waals surface area contributed by atoms with Crippen LogP contribution in [0.15, 0.2) is 24.3 Å². The van der Waals surface area contributed by atoms with Gasteiger partial charge in [0.2, 0.25) is 0 Å². The summed E-state index contributed by atoms with van der Waals surface area (Å²) >= 11 is 0. The van der Waals surface area contributed by atoms with E-state index in [9.17, 15) is 5.11 Å². The molecule has 0 saturated carbocycles. The minimum absolute atomic E-state index is 0.552. The molecule has 18 heavy (non-hydrogen) atoms. The minimum Gasteiger partial charge on any atom is -0.388 e. The first-order valence-electron chi connectivity index (χ1n) is 6.88. The Balaban J connectivity index is 2.16. The summed E-state index contributed by atoms with van der Waals surface area (Å²) in [6, 6.07) is 8.49. The number of aliphatic hydroxyl groups is 1. The van der Waals surface area contributed by atoms with Crippen LogP contribution in [-0.4, -0.2) is 30.3 Å². The van der Waals surface area contributed by atoms with Gasteiger partial charge in [0.25, 0.3) is 0 Å². The third-order valence-corrected chi connectivity index (χ3v) is 3.57. The van der Waals surface area contributed by atoms with E-state index in [0.29, 0.717) is 0 Å². The second-order valence-electron chi connectivity index (χ2n) is 5.43. The Hall–Kier alpha value is -1.06. The molecule has 1 atom stereocenters. The second kappa shape index (κ2) is 5.72. The summed E-state index contributed by atoms with van der Waals surface area (Å²) in [6.07, 6.45) is 1.96. The Morgan fingerprint density at radius 2 is 2.17 bits per heavy atom. The zero-order chi connectivity index (χ0) is 13.0. The van der Waals surface area contributed by atoms with Crippen LogP contribution in [0.5, 0.6) is 0 Å². The smallest absolute Gasteiger partial charge is 0.0794 e. The van der Waals surface area contributed by atoms with E-state index in [1.165, 1.54) is 11.3 Å². The normalized spacial score (nSPS) is 24.3. The summed E-state index contributed by atoms with van der Waals surface area (Å²) < 4.78 is 0. The van der Waals surface area contributed by atoms with Crippen molar-refractivity contribution in [3.63, 3.8) is 0 Å². The maximum absolute atomic E-state index is 10.2. The number of nitrogens with zero attached hydrogens (tertiary/aromatic N) is 1. The van der Waals surface area contributed by atoms with Gasteiger partial charge in [-0.05, 0) is 37.9 Å². The van der Waals surface area contributed by atoms with E-state index >= 15 is 0 Å². The lowest BCUT2D eigenvalue weighted by atomic mass is 9.94. The van der Waals surface area contributed by atoms with Gasteiger partial charge in [-0.25, -0.2) is 0 Å². The SMILES string of the molecule is CCNCc1ccccc1N1CCCC(C)(O)C1. The largest absolute Gasteiger partial charge is 0.388 e. The number of para-hydroxylation sites is 1. The molecule has 3 heteroatoms. The second-order valence-corrected chi connectivity index (χ2v) is 5.43. The molecule has 1 aromatic rings. The zero-order valence-corrected chi connectivity index (χ0v) is 11.4. The van der Waals surface area contributed by atoms with Gasteiger partial charge in [0, 0.05) is 25.3 Å². The van der Waals surface area contributed by atoms with Gasteiger partial charge in [-0.15, -0.1) is 0 Å². The molecule has 0 bridgehead atoms. The van der Waals surface area contributed by atoms with Crippen molar-refractivity contribution in [2.24, 2.45) is 0 Å². The van der Waals surface area contributed by atoms with E-state index in [4.69, 9.17) is 0 Å². The molecule has 1 aliphatic rings. The maximum atomic E-state index is 10.2. The molecule has 3 nitrogen and oxygen atoms in total. The van der Waals surface area contributed by atoms with E-state index in [0.717, 1.165) is 39.0 Å². The van der Waals surface area contributed by atoms with E-state index in [2.05, 4.69) is 41.4 Å². The summed E-state index contributed by atoms with van der Waals surface area (Å²) in [6.45, 7) is 7.70. The Labute approximate surface area is 110 Å². The molecule has 0 spiro atoms. The molecule has 2 N–H and O–H groups in total. The number of nitrogens with one attached hydrogen (secondary N) is 1. The summed E-state index contributed by atoms with van der Waals surface area (Å²) in [7, 11) is 0. The van der Waals surface area contributed by atoms with Crippen LogP contribution in [0.3, 0.4) is 0 Å². The van der Waals surface area contributed by atoms with Crippen LogP contribution < -0.4 is 10.2 Å². The molecular formula is C15H24N2O. The van der Waals surface area contributed by atoms with Gasteiger partial charge >= 0.3 is 0 Å². The molecule has 1 unspecified atom stereocenters. The number of hydrogen-bond acceptors (Lipinski definition) is 3. The van der Waals surface area contributed by atoms with Crippen LogP contribution in [0.2, 0.25) is 0 Å². The van der Waals surface area contributed by atoms with Crippen molar-refractivity contribution < 1.29 is 5.11 Å². The number of β-amino-alcohol motifs (C(OH)–C–C–N with tert-alkyl or cyclic N) is 1. The predicted octanol–water partition coefficient (Wildman–Crippen LogP) is 2.15. The van der Waals surface area contributed by atoms with Gasteiger partial charge in [-0.2, -0.15) is 0 Å². The number of rotatable bonds is 4. The first-order valence-corrected chi connectivity index (χ1v) is 6.88. The number of anilines is 1. The lowest BCUT2D eigenvalue weighted by molar-refractivity contribution is 0.0449. The molecule has 1 heterocycles. The summed E-state index contributed by atoms with van der Waals surface area (Å²) in [5.74, 6) is 0. The van der Waals surface area contributed by atoms with Crippen molar-refractivity contribution in [2.75, 3.05) is 24.5 Å². The lowest BCUT2D eigenvalue weighted by Gasteiger charge is -2.39. The van der Waals surface area contributed by atoms with Crippen LogP contribution in [0.1, 0.15) is 32.3 Å². The average Bonchev–Trinajstić information content (AvgIpc) is 2.35. The van der Waals surface area contributed by atoms with Crippen molar-refractivity contribution in [1.82, 2.24) is 5.32 Å². The van der Waals surface area contributed by atoms with Crippen molar-refractivity contribution >= 4 is 5.69 Å². The van der Waals surface area contributed by atoms with Gasteiger partial charge in [0.1, 0.15) is 0 Å². The number of hydrogen-bond donors (Lipinski definition) is 2. The molecule has 2 rings (SSSR count). The predicted molar refractivity (Wildman–Crippen MR) is 75.9 cm³/mol. The minimum atomic E-state index is -0.552. The topological polar surface area (TPSA) is 35.5 Å². The fourth-order valence-corrected chi connectivity index (χ4v) is 2.65. The van der Waals surface area contributed by atoms with E-state index in [1.807, 2.05) is 6.92 Å². The molecule has 0 amide bonds. The molecule has 1 saturated heterocycles. The van der Waals surface area contributed by atoms with Gasteiger partial charge in [-0.3, -0.25) is 0 Å². The molecule has 1 aromatic carbocycles. The molecule has 100 valence electrons. The quantitative estimate of drug-likeness (QED) is 0.857. The molecule has 1 fully saturated rings. The summed E-state index contributed by atoms with van der Waals surface area (Å²) in [5, 5.41) is 13.6. The highest BCUT2D eigenvalue weighted by molar-refractivity contribution is 5.54. The molecule has 0 radical (unpaired) electrons. The van der Waals surface area contributed by atoms with Gasteiger partial charge in [0.05, 0.1) is 5.60 Å². The first kappa shape index (κ1) is 13.4. The van der Waals surface area contributed by atoms with Crippen molar-refractivity contribution in [2.45, 2.75) is 38.8 Å². The van der Waals surface area contributed by atoms with E-state index in [-0.39, 0.29) is 0 Å². The fraction of sp³-hybridized carbons (Fsp3) is 0.600. The van der Waals surface area contributed by atoms with Gasteiger partial charge in [-0.1, -0.05) is 25.1 Å². The van der Waals surface area contributed by atoms with Crippen LogP contribution in [0.25, 0.3) is 0 Å². The maximum Gasteiger partial charge on any atom is 0.0794 e. The van der Waals surface area contributed by atoms with Gasteiger partial charge in [0.15, 0.2) is 0 Å². The van der Waals surface area contributed by atoms with Crippen LogP contribution >= 0.6 is 0 Å². The zero-order valence-electron chi connectivity index (χ0n) is 11.4. The Bertz CT molecular complexity index is 390. The van der Waals surface area contributed by atoms with Crippen molar-refractivity contribution in [3.8, 4) is 0 Å². The Kier molecular flexibility index (Phi) is 4.25. The highest BCUT2D eigenvalue weighted by Crippen LogP contribution is 2.28. The summed E-state index contributed by atoms with van der Waals surface area (Å²) in [5.41, 5.74) is 2.03. The molecule has 1 aliphatic heterocycles.